The number of piperazine rings is 1. The molecule has 0 radical (unpaired) electrons. The lowest BCUT2D eigenvalue weighted by Gasteiger charge is -2.34. The maximum Gasteiger partial charge on any atom is 0.191 e. The van der Waals surface area contributed by atoms with E-state index in [4.69, 9.17) is 0 Å². The summed E-state index contributed by atoms with van der Waals surface area (Å²) in [5.41, 5.74) is 1.12. The monoisotopic (exact) mass is 441 g/mol. The van der Waals surface area contributed by atoms with E-state index in [-0.39, 0.29) is 6.54 Å². The van der Waals surface area contributed by atoms with Crippen LogP contribution in [0.3, 0.4) is 0 Å². The number of nitrogens with one attached hydrogen (secondary N) is 2. The predicted molar refractivity (Wildman–Crippen MR) is 130 cm³/mol. The van der Waals surface area contributed by atoms with Crippen LogP contribution in [0.4, 0.5) is 0 Å². The molecule has 8 heteroatoms. The Labute approximate surface area is 192 Å². The highest BCUT2D eigenvalue weighted by Crippen LogP contribution is 2.19. The molecule has 1 fully saturated rings. The average molecular weight is 442 g/mol. The van der Waals surface area contributed by atoms with Crippen LogP contribution in [-0.2, 0) is 19.2 Å². The molecule has 1 aromatic carbocycles. The van der Waals surface area contributed by atoms with Crippen LogP contribution < -0.4 is 10.6 Å². The summed E-state index contributed by atoms with van der Waals surface area (Å²) in [5.74, 6) is 0.740. The van der Waals surface area contributed by atoms with Gasteiger partial charge < -0.3 is 20.6 Å². The maximum absolute atomic E-state index is 10.7. The minimum Gasteiger partial charge on any atom is -0.383 e. The van der Waals surface area contributed by atoms with Crippen molar-refractivity contribution in [2.24, 2.45) is 12.0 Å². The highest BCUT2D eigenvalue weighted by Gasteiger charge is 2.24. The molecule has 0 spiro atoms. The Balaban J connectivity index is 1.36. The number of guanidine groups is 1. The lowest BCUT2D eigenvalue weighted by Crippen LogP contribution is -2.46. The van der Waals surface area contributed by atoms with Crippen molar-refractivity contribution in [1.82, 2.24) is 30.2 Å². The molecule has 176 valence electrons. The highest BCUT2D eigenvalue weighted by atomic mass is 16.3. The lowest BCUT2D eigenvalue weighted by molar-refractivity contribution is 0.0672. The lowest BCUT2D eigenvalue weighted by atomic mass is 10.0. The van der Waals surface area contributed by atoms with Gasteiger partial charge in [-0.15, -0.1) is 0 Å². The third-order valence-electron chi connectivity index (χ3n) is 5.87. The molecule has 0 bridgehead atoms. The number of nitrogens with zero attached hydrogens (tertiary/aromatic N) is 5. The van der Waals surface area contributed by atoms with Gasteiger partial charge in [-0.2, -0.15) is 5.10 Å². The average Bonchev–Trinajstić information content (AvgIpc) is 3.24. The molecule has 0 aliphatic carbocycles. The van der Waals surface area contributed by atoms with Crippen molar-refractivity contribution >= 4 is 5.96 Å². The molecule has 3 N–H and O–H groups in total. The molecule has 1 aliphatic rings. The summed E-state index contributed by atoms with van der Waals surface area (Å²) in [6, 6.07) is 10.7. The number of aryl methyl sites for hydroxylation is 1. The summed E-state index contributed by atoms with van der Waals surface area (Å²) >= 11 is 0. The number of hydrogen-bond donors (Lipinski definition) is 3. The standard InChI is InChI=1S/C24H39N7O/c1-4-25-23(27-20-24(2,32)22-17-28-29(3)19-22)26-11-8-12-30-13-15-31(16-14-30)18-21-9-6-5-7-10-21/h5-7,9-10,17,19,32H,4,8,11-16,18,20H2,1-3H3,(H2,25,26,27). The first-order chi connectivity index (χ1) is 15.5. The van der Waals surface area contributed by atoms with Crippen molar-refractivity contribution in [3.05, 3.63) is 53.9 Å². The molecule has 1 aliphatic heterocycles. The Hall–Kier alpha value is -2.42. The van der Waals surface area contributed by atoms with E-state index in [0.717, 1.165) is 70.3 Å². The van der Waals surface area contributed by atoms with Gasteiger partial charge in [-0.1, -0.05) is 30.3 Å². The van der Waals surface area contributed by atoms with Gasteiger partial charge in [-0.25, -0.2) is 4.99 Å². The molecule has 1 aromatic heterocycles. The fourth-order valence-electron chi connectivity index (χ4n) is 3.89. The largest absolute Gasteiger partial charge is 0.383 e. The number of aliphatic hydroxyl groups is 1. The smallest absolute Gasteiger partial charge is 0.191 e. The van der Waals surface area contributed by atoms with Crippen molar-refractivity contribution in [2.75, 3.05) is 52.4 Å². The second-order valence-electron chi connectivity index (χ2n) is 8.76. The van der Waals surface area contributed by atoms with E-state index >= 15 is 0 Å². The third-order valence-corrected chi connectivity index (χ3v) is 5.87. The van der Waals surface area contributed by atoms with Crippen LogP contribution in [-0.4, -0.2) is 83.0 Å². The maximum atomic E-state index is 10.7. The van der Waals surface area contributed by atoms with E-state index < -0.39 is 5.60 Å². The SMILES string of the molecule is CCNC(=NCC(C)(O)c1cnn(C)c1)NCCCN1CCN(Cc2ccccc2)CC1. The van der Waals surface area contributed by atoms with Gasteiger partial charge in [0.15, 0.2) is 5.96 Å². The Morgan fingerprint density at radius 3 is 2.50 bits per heavy atom. The number of hydrogen-bond acceptors (Lipinski definition) is 5. The van der Waals surface area contributed by atoms with E-state index in [2.05, 4.69) is 60.9 Å². The molecule has 3 rings (SSSR count). The van der Waals surface area contributed by atoms with Crippen molar-refractivity contribution in [3.63, 3.8) is 0 Å². The summed E-state index contributed by atoms with van der Waals surface area (Å²) in [5, 5.41) is 21.6. The van der Waals surface area contributed by atoms with E-state index in [9.17, 15) is 5.11 Å². The molecule has 1 atom stereocenters. The second-order valence-corrected chi connectivity index (χ2v) is 8.76. The molecular formula is C24H39N7O. The van der Waals surface area contributed by atoms with E-state index in [1.807, 2.05) is 20.2 Å². The van der Waals surface area contributed by atoms with Gasteiger partial charge in [0, 0.05) is 64.6 Å². The van der Waals surface area contributed by atoms with Gasteiger partial charge in [0.2, 0.25) is 0 Å². The number of rotatable bonds is 10. The predicted octanol–water partition coefficient (Wildman–Crippen LogP) is 1.39. The summed E-state index contributed by atoms with van der Waals surface area (Å²) in [6.07, 6.45) is 4.58. The third kappa shape index (κ3) is 7.62. The zero-order chi connectivity index (χ0) is 22.8. The minimum atomic E-state index is -1.05. The molecule has 1 unspecified atom stereocenters. The Morgan fingerprint density at radius 1 is 1.12 bits per heavy atom. The van der Waals surface area contributed by atoms with Crippen LogP contribution in [0.25, 0.3) is 0 Å². The summed E-state index contributed by atoms with van der Waals surface area (Å²) in [6.45, 7) is 12.3. The fraction of sp³-hybridized carbons (Fsp3) is 0.583. The van der Waals surface area contributed by atoms with Crippen molar-refractivity contribution < 1.29 is 5.11 Å². The number of aromatic nitrogens is 2. The molecule has 1 saturated heterocycles. The number of benzene rings is 1. The first-order valence-electron chi connectivity index (χ1n) is 11.7. The zero-order valence-electron chi connectivity index (χ0n) is 19.8. The molecule has 8 nitrogen and oxygen atoms in total. The van der Waals surface area contributed by atoms with Crippen LogP contribution in [0.5, 0.6) is 0 Å². The minimum absolute atomic E-state index is 0.275. The number of aliphatic imine (C=N–C) groups is 1. The van der Waals surface area contributed by atoms with E-state index in [0.29, 0.717) is 0 Å². The summed E-state index contributed by atoms with van der Waals surface area (Å²) in [7, 11) is 1.84. The van der Waals surface area contributed by atoms with Gasteiger partial charge in [0.05, 0.1) is 12.7 Å². The second kappa shape index (κ2) is 12.0. The Kier molecular flexibility index (Phi) is 9.08. The van der Waals surface area contributed by atoms with Crippen LogP contribution in [0, 0.1) is 0 Å². The van der Waals surface area contributed by atoms with Crippen LogP contribution in [0.1, 0.15) is 31.4 Å². The molecule has 0 amide bonds. The van der Waals surface area contributed by atoms with Crippen LogP contribution in [0.15, 0.2) is 47.7 Å². The Morgan fingerprint density at radius 2 is 1.84 bits per heavy atom. The first kappa shape index (κ1) is 24.2. The molecule has 0 saturated carbocycles. The molecule has 2 heterocycles. The highest BCUT2D eigenvalue weighted by molar-refractivity contribution is 5.79. The van der Waals surface area contributed by atoms with Gasteiger partial charge in [0.1, 0.15) is 5.60 Å². The van der Waals surface area contributed by atoms with Crippen LogP contribution >= 0.6 is 0 Å². The molecular weight excluding hydrogens is 402 g/mol. The van der Waals surface area contributed by atoms with Crippen molar-refractivity contribution in [1.29, 1.82) is 0 Å². The summed E-state index contributed by atoms with van der Waals surface area (Å²) < 4.78 is 1.69. The fourth-order valence-corrected chi connectivity index (χ4v) is 3.89. The summed E-state index contributed by atoms with van der Waals surface area (Å²) in [4.78, 5) is 9.67. The Bertz CT molecular complexity index is 826. The zero-order valence-corrected chi connectivity index (χ0v) is 19.8. The van der Waals surface area contributed by atoms with Crippen molar-refractivity contribution in [3.8, 4) is 0 Å². The van der Waals surface area contributed by atoms with Gasteiger partial charge in [-0.3, -0.25) is 9.58 Å². The van der Waals surface area contributed by atoms with Gasteiger partial charge in [0.25, 0.3) is 0 Å². The molecule has 2 aromatic rings. The van der Waals surface area contributed by atoms with Crippen LogP contribution in [0.2, 0.25) is 0 Å². The molecule has 32 heavy (non-hydrogen) atoms. The first-order valence-corrected chi connectivity index (χ1v) is 11.7. The van der Waals surface area contributed by atoms with Gasteiger partial charge in [-0.05, 0) is 32.4 Å². The van der Waals surface area contributed by atoms with Crippen molar-refractivity contribution in [2.45, 2.75) is 32.4 Å². The van der Waals surface area contributed by atoms with Gasteiger partial charge >= 0.3 is 0 Å². The van der Waals surface area contributed by atoms with E-state index in [1.54, 1.807) is 17.8 Å². The quantitative estimate of drug-likeness (QED) is 0.294. The van der Waals surface area contributed by atoms with E-state index in [1.165, 1.54) is 5.56 Å². The normalized spacial score (nSPS) is 17.8. The topological polar surface area (TPSA) is 80.9 Å².